The number of nitrogens with one attached hydrogen (secondary N) is 2. The standard InChI is InChI=1S/C20H27N3O2/c24-20(21-16-8-11-25-12-9-16)14-23-10-4-3-7-19(23)18-13-15-5-1-2-6-17(15)22-18/h1-2,5-6,13,16,19,22H,3-4,7-12,14H2,(H,21,24)/t19-/m1/s1. The summed E-state index contributed by atoms with van der Waals surface area (Å²) in [7, 11) is 0. The molecule has 25 heavy (non-hydrogen) atoms. The lowest BCUT2D eigenvalue weighted by Crippen LogP contribution is -2.46. The minimum Gasteiger partial charge on any atom is -0.381 e. The molecule has 4 rings (SSSR count). The Morgan fingerprint density at radius 1 is 1.20 bits per heavy atom. The van der Waals surface area contributed by atoms with E-state index >= 15 is 0 Å². The predicted octanol–water partition coefficient (Wildman–Crippen LogP) is 2.99. The molecule has 1 atom stereocenters. The van der Waals surface area contributed by atoms with Crippen molar-refractivity contribution in [3.05, 3.63) is 36.0 Å². The molecule has 2 fully saturated rings. The number of piperidine rings is 1. The Bertz CT molecular complexity index is 688. The molecule has 5 heteroatoms. The maximum atomic E-state index is 12.5. The van der Waals surface area contributed by atoms with Crippen molar-refractivity contribution < 1.29 is 9.53 Å². The number of ether oxygens (including phenoxy) is 1. The second kappa shape index (κ2) is 7.58. The smallest absolute Gasteiger partial charge is 0.234 e. The summed E-state index contributed by atoms with van der Waals surface area (Å²) in [6.45, 7) is 2.98. The molecule has 3 heterocycles. The zero-order valence-corrected chi connectivity index (χ0v) is 14.7. The number of para-hydroxylation sites is 1. The Labute approximate surface area is 148 Å². The highest BCUT2D eigenvalue weighted by molar-refractivity contribution is 5.80. The summed E-state index contributed by atoms with van der Waals surface area (Å²) in [6.07, 6.45) is 5.35. The number of rotatable bonds is 4. The first kappa shape index (κ1) is 16.6. The number of amides is 1. The first-order valence-electron chi connectivity index (χ1n) is 9.48. The maximum absolute atomic E-state index is 12.5. The normalized spacial score (nSPS) is 23.0. The second-order valence-corrected chi connectivity index (χ2v) is 7.25. The number of aromatic nitrogens is 1. The van der Waals surface area contributed by atoms with E-state index in [1.807, 2.05) is 0 Å². The predicted molar refractivity (Wildman–Crippen MR) is 98.4 cm³/mol. The van der Waals surface area contributed by atoms with Crippen molar-refractivity contribution in [2.75, 3.05) is 26.3 Å². The first-order chi connectivity index (χ1) is 12.3. The van der Waals surface area contributed by atoms with Crippen LogP contribution in [0.1, 0.15) is 43.8 Å². The van der Waals surface area contributed by atoms with Crippen LogP contribution in [-0.4, -0.2) is 48.1 Å². The van der Waals surface area contributed by atoms with Crippen molar-refractivity contribution in [3.63, 3.8) is 0 Å². The van der Waals surface area contributed by atoms with Crippen LogP contribution in [0.2, 0.25) is 0 Å². The summed E-state index contributed by atoms with van der Waals surface area (Å²) in [4.78, 5) is 18.4. The van der Waals surface area contributed by atoms with E-state index in [1.165, 1.54) is 29.4 Å². The Kier molecular flexibility index (Phi) is 5.04. The van der Waals surface area contributed by atoms with Gasteiger partial charge in [-0.25, -0.2) is 0 Å². The molecular formula is C20H27N3O2. The minimum atomic E-state index is 0.148. The van der Waals surface area contributed by atoms with Gasteiger partial charge in [-0.1, -0.05) is 24.6 Å². The fraction of sp³-hybridized carbons (Fsp3) is 0.550. The zero-order chi connectivity index (χ0) is 17.1. The van der Waals surface area contributed by atoms with Crippen molar-refractivity contribution >= 4 is 16.8 Å². The van der Waals surface area contributed by atoms with E-state index in [2.05, 4.69) is 45.5 Å². The van der Waals surface area contributed by atoms with Crippen LogP contribution in [0, 0.1) is 0 Å². The highest BCUT2D eigenvalue weighted by atomic mass is 16.5. The van der Waals surface area contributed by atoms with Crippen LogP contribution in [0.25, 0.3) is 10.9 Å². The van der Waals surface area contributed by atoms with E-state index in [9.17, 15) is 4.79 Å². The van der Waals surface area contributed by atoms with Crippen LogP contribution in [0.5, 0.6) is 0 Å². The summed E-state index contributed by atoms with van der Waals surface area (Å²) in [5.74, 6) is 0.148. The van der Waals surface area contributed by atoms with E-state index in [0.29, 0.717) is 12.6 Å². The average Bonchev–Trinajstić information content (AvgIpc) is 3.07. The maximum Gasteiger partial charge on any atom is 0.234 e. The third-order valence-electron chi connectivity index (χ3n) is 5.46. The second-order valence-electron chi connectivity index (χ2n) is 7.25. The van der Waals surface area contributed by atoms with Gasteiger partial charge in [0.15, 0.2) is 0 Å². The van der Waals surface area contributed by atoms with Gasteiger partial charge in [-0.05, 0) is 49.7 Å². The monoisotopic (exact) mass is 341 g/mol. The molecule has 2 aromatic rings. The SMILES string of the molecule is O=C(CN1CCCC[C@@H]1c1cc2ccccc2[nH]1)NC1CCOCC1. The van der Waals surface area contributed by atoms with Gasteiger partial charge in [0.2, 0.25) is 5.91 Å². The van der Waals surface area contributed by atoms with E-state index in [4.69, 9.17) is 4.74 Å². The largest absolute Gasteiger partial charge is 0.381 e. The molecular weight excluding hydrogens is 314 g/mol. The molecule has 2 aliphatic heterocycles. The third-order valence-corrected chi connectivity index (χ3v) is 5.46. The van der Waals surface area contributed by atoms with Gasteiger partial charge in [-0.15, -0.1) is 0 Å². The van der Waals surface area contributed by atoms with E-state index in [1.54, 1.807) is 0 Å². The van der Waals surface area contributed by atoms with Crippen LogP contribution in [0.3, 0.4) is 0 Å². The topological polar surface area (TPSA) is 57.4 Å². The van der Waals surface area contributed by atoms with Gasteiger partial charge in [-0.3, -0.25) is 9.69 Å². The number of fused-ring (bicyclic) bond motifs is 1. The van der Waals surface area contributed by atoms with Gasteiger partial charge in [0.05, 0.1) is 12.6 Å². The van der Waals surface area contributed by atoms with Crippen molar-refractivity contribution in [2.45, 2.75) is 44.2 Å². The van der Waals surface area contributed by atoms with Crippen molar-refractivity contribution in [3.8, 4) is 0 Å². The quantitative estimate of drug-likeness (QED) is 0.899. The molecule has 1 aromatic heterocycles. The lowest BCUT2D eigenvalue weighted by atomic mass is 9.99. The van der Waals surface area contributed by atoms with Gasteiger partial charge < -0.3 is 15.0 Å². The number of carbonyl (C=O) groups excluding carboxylic acids is 1. The lowest BCUT2D eigenvalue weighted by Gasteiger charge is -2.35. The fourth-order valence-electron chi connectivity index (χ4n) is 4.11. The summed E-state index contributed by atoms with van der Waals surface area (Å²) in [5, 5.41) is 4.44. The van der Waals surface area contributed by atoms with E-state index < -0.39 is 0 Å². The Balaban J connectivity index is 1.44. The van der Waals surface area contributed by atoms with Crippen LogP contribution in [-0.2, 0) is 9.53 Å². The number of hydrogen-bond acceptors (Lipinski definition) is 3. The fourth-order valence-corrected chi connectivity index (χ4v) is 4.11. The molecule has 5 nitrogen and oxygen atoms in total. The first-order valence-corrected chi connectivity index (χ1v) is 9.48. The molecule has 134 valence electrons. The molecule has 2 N–H and O–H groups in total. The molecule has 0 unspecified atom stereocenters. The van der Waals surface area contributed by atoms with Crippen LogP contribution in [0.15, 0.2) is 30.3 Å². The number of benzene rings is 1. The molecule has 0 aliphatic carbocycles. The molecule has 2 aliphatic rings. The van der Waals surface area contributed by atoms with Crippen LogP contribution in [0.4, 0.5) is 0 Å². The molecule has 1 amide bonds. The van der Waals surface area contributed by atoms with Gasteiger partial charge in [0, 0.05) is 30.5 Å². The highest BCUT2D eigenvalue weighted by Crippen LogP contribution is 2.32. The molecule has 1 aromatic carbocycles. The number of likely N-dealkylation sites (tertiary alicyclic amines) is 1. The molecule has 2 saturated heterocycles. The Morgan fingerprint density at radius 2 is 2.04 bits per heavy atom. The Morgan fingerprint density at radius 3 is 2.88 bits per heavy atom. The highest BCUT2D eigenvalue weighted by Gasteiger charge is 2.27. The van der Waals surface area contributed by atoms with Gasteiger partial charge in [0.1, 0.15) is 0 Å². The summed E-state index contributed by atoms with van der Waals surface area (Å²) in [6, 6.07) is 11.2. The molecule has 0 saturated carbocycles. The number of nitrogens with zero attached hydrogens (tertiary/aromatic N) is 1. The lowest BCUT2D eigenvalue weighted by molar-refractivity contribution is -0.124. The molecule has 0 spiro atoms. The summed E-state index contributed by atoms with van der Waals surface area (Å²) < 4.78 is 5.37. The number of hydrogen-bond donors (Lipinski definition) is 2. The third kappa shape index (κ3) is 3.88. The van der Waals surface area contributed by atoms with E-state index in [-0.39, 0.29) is 11.9 Å². The van der Waals surface area contributed by atoms with Gasteiger partial charge >= 0.3 is 0 Å². The van der Waals surface area contributed by atoms with Crippen molar-refractivity contribution in [2.24, 2.45) is 0 Å². The van der Waals surface area contributed by atoms with Gasteiger partial charge in [0.25, 0.3) is 0 Å². The van der Waals surface area contributed by atoms with Crippen LogP contribution < -0.4 is 5.32 Å². The van der Waals surface area contributed by atoms with Gasteiger partial charge in [-0.2, -0.15) is 0 Å². The van der Waals surface area contributed by atoms with E-state index in [0.717, 1.165) is 39.0 Å². The number of H-pyrrole nitrogens is 1. The molecule has 0 radical (unpaired) electrons. The molecule has 0 bridgehead atoms. The summed E-state index contributed by atoms with van der Waals surface area (Å²) >= 11 is 0. The van der Waals surface area contributed by atoms with Crippen molar-refractivity contribution in [1.29, 1.82) is 0 Å². The van der Waals surface area contributed by atoms with Crippen molar-refractivity contribution in [1.82, 2.24) is 15.2 Å². The summed E-state index contributed by atoms with van der Waals surface area (Å²) in [5.41, 5.74) is 2.41. The van der Waals surface area contributed by atoms with Crippen LogP contribution >= 0.6 is 0 Å². The number of aromatic amines is 1. The zero-order valence-electron chi connectivity index (χ0n) is 14.7. The minimum absolute atomic E-state index is 0.148. The Hall–Kier alpha value is -1.85. The average molecular weight is 341 g/mol. The number of carbonyl (C=O) groups is 1.